The highest BCUT2D eigenvalue weighted by molar-refractivity contribution is 5.82. The molecule has 0 aliphatic carbocycles. The molecule has 0 fully saturated rings. The van der Waals surface area contributed by atoms with Crippen LogP contribution in [0.15, 0.2) is 30.3 Å². The average molecular weight is 324 g/mol. The van der Waals surface area contributed by atoms with Crippen molar-refractivity contribution in [2.24, 2.45) is 0 Å². The minimum atomic E-state index is -1.48. The molecule has 1 rings (SSSR count). The standard InChI is InChI=1S/C16H20O7/c1-10(21-15(20)23-16(2,3)4)14(19)22-12(13(17)18)11-8-6-5-7-9-11/h5-10,12H,1-4H3,(H,17,18)/t10?,12-/m0/s1. The van der Waals surface area contributed by atoms with E-state index in [1.54, 1.807) is 39.0 Å². The number of aliphatic carboxylic acids is 1. The Balaban J connectivity index is 2.69. The highest BCUT2D eigenvalue weighted by Crippen LogP contribution is 2.19. The van der Waals surface area contributed by atoms with Gasteiger partial charge in [0.2, 0.25) is 6.10 Å². The Morgan fingerprint density at radius 3 is 2.09 bits per heavy atom. The van der Waals surface area contributed by atoms with Gasteiger partial charge in [-0.3, -0.25) is 0 Å². The predicted molar refractivity (Wildman–Crippen MR) is 79.7 cm³/mol. The van der Waals surface area contributed by atoms with Gasteiger partial charge in [0, 0.05) is 5.56 Å². The van der Waals surface area contributed by atoms with Crippen LogP contribution in [0, 0.1) is 0 Å². The second-order valence-corrected chi connectivity index (χ2v) is 5.79. The summed E-state index contributed by atoms with van der Waals surface area (Å²) in [4.78, 5) is 34.7. The van der Waals surface area contributed by atoms with Crippen LogP contribution in [-0.4, -0.2) is 34.9 Å². The summed E-state index contributed by atoms with van der Waals surface area (Å²) in [5.74, 6) is -2.30. The molecule has 0 radical (unpaired) electrons. The molecule has 0 heterocycles. The lowest BCUT2D eigenvalue weighted by molar-refractivity contribution is -0.171. The van der Waals surface area contributed by atoms with Crippen molar-refractivity contribution in [3.8, 4) is 0 Å². The van der Waals surface area contributed by atoms with Crippen molar-refractivity contribution in [2.75, 3.05) is 0 Å². The minimum absolute atomic E-state index is 0.304. The minimum Gasteiger partial charge on any atom is -0.478 e. The summed E-state index contributed by atoms with van der Waals surface area (Å²) >= 11 is 0. The smallest absolute Gasteiger partial charge is 0.478 e. The zero-order valence-corrected chi connectivity index (χ0v) is 13.4. The molecule has 7 nitrogen and oxygen atoms in total. The van der Waals surface area contributed by atoms with Gasteiger partial charge < -0.3 is 19.3 Å². The number of carboxylic acids is 1. The van der Waals surface area contributed by atoms with Crippen LogP contribution in [0.25, 0.3) is 0 Å². The Labute approximate surface area is 134 Å². The van der Waals surface area contributed by atoms with E-state index in [4.69, 9.17) is 14.2 Å². The first-order valence-electron chi connectivity index (χ1n) is 6.98. The van der Waals surface area contributed by atoms with Crippen LogP contribution in [0.4, 0.5) is 4.79 Å². The number of ether oxygens (including phenoxy) is 3. The fraction of sp³-hybridized carbons (Fsp3) is 0.438. The lowest BCUT2D eigenvalue weighted by Crippen LogP contribution is -2.32. The molecule has 0 amide bonds. The van der Waals surface area contributed by atoms with Crippen LogP contribution in [0.2, 0.25) is 0 Å². The molecular weight excluding hydrogens is 304 g/mol. The third-order valence-corrected chi connectivity index (χ3v) is 2.56. The Morgan fingerprint density at radius 1 is 1.04 bits per heavy atom. The summed E-state index contributed by atoms with van der Waals surface area (Å²) in [7, 11) is 0. The van der Waals surface area contributed by atoms with Gasteiger partial charge in [-0.1, -0.05) is 30.3 Å². The number of benzene rings is 1. The van der Waals surface area contributed by atoms with Gasteiger partial charge in [-0.25, -0.2) is 14.4 Å². The Kier molecular flexibility index (Phi) is 6.12. The molecule has 0 spiro atoms. The van der Waals surface area contributed by atoms with Gasteiger partial charge in [0.1, 0.15) is 5.60 Å². The van der Waals surface area contributed by atoms with Gasteiger partial charge >= 0.3 is 18.1 Å². The van der Waals surface area contributed by atoms with Crippen molar-refractivity contribution in [3.63, 3.8) is 0 Å². The summed E-state index contributed by atoms with van der Waals surface area (Å²) in [5, 5.41) is 9.18. The fourth-order valence-corrected chi connectivity index (χ4v) is 1.57. The van der Waals surface area contributed by atoms with E-state index in [1.165, 1.54) is 19.1 Å². The molecule has 1 aromatic rings. The lowest BCUT2D eigenvalue weighted by Gasteiger charge is -2.21. The molecule has 0 aliphatic heterocycles. The summed E-state index contributed by atoms with van der Waals surface area (Å²) < 4.78 is 14.6. The largest absolute Gasteiger partial charge is 0.509 e. The molecular formula is C16H20O7. The van der Waals surface area contributed by atoms with Crippen LogP contribution in [0.5, 0.6) is 0 Å². The van der Waals surface area contributed by atoms with Crippen molar-refractivity contribution in [2.45, 2.75) is 45.5 Å². The van der Waals surface area contributed by atoms with Gasteiger partial charge in [-0.2, -0.15) is 0 Å². The Morgan fingerprint density at radius 2 is 1.61 bits per heavy atom. The molecule has 1 unspecified atom stereocenters. The van der Waals surface area contributed by atoms with Crippen molar-refractivity contribution in [3.05, 3.63) is 35.9 Å². The highest BCUT2D eigenvalue weighted by Gasteiger charge is 2.29. The van der Waals surface area contributed by atoms with E-state index < -0.39 is 35.9 Å². The molecule has 2 atom stereocenters. The van der Waals surface area contributed by atoms with E-state index >= 15 is 0 Å². The van der Waals surface area contributed by atoms with Gasteiger partial charge in [-0.15, -0.1) is 0 Å². The van der Waals surface area contributed by atoms with Crippen molar-refractivity contribution in [1.82, 2.24) is 0 Å². The summed E-state index contributed by atoms with van der Waals surface area (Å²) in [6.45, 7) is 6.21. The molecule has 7 heteroatoms. The molecule has 0 bridgehead atoms. The monoisotopic (exact) mass is 324 g/mol. The molecule has 0 saturated carbocycles. The number of carboxylic acid groups (broad SMARTS) is 1. The first kappa shape index (κ1) is 18.5. The summed E-state index contributed by atoms with van der Waals surface area (Å²) in [6, 6.07) is 7.99. The lowest BCUT2D eigenvalue weighted by atomic mass is 10.1. The number of esters is 1. The molecule has 23 heavy (non-hydrogen) atoms. The quantitative estimate of drug-likeness (QED) is 0.831. The first-order valence-corrected chi connectivity index (χ1v) is 6.98. The number of hydrogen-bond acceptors (Lipinski definition) is 6. The van der Waals surface area contributed by atoms with Crippen LogP contribution in [-0.2, 0) is 23.8 Å². The first-order chi connectivity index (χ1) is 10.6. The zero-order valence-electron chi connectivity index (χ0n) is 13.4. The Hall–Kier alpha value is -2.57. The third-order valence-electron chi connectivity index (χ3n) is 2.56. The summed E-state index contributed by atoms with van der Waals surface area (Å²) in [5.41, 5.74) is -0.466. The average Bonchev–Trinajstić information content (AvgIpc) is 2.42. The highest BCUT2D eigenvalue weighted by atomic mass is 16.7. The van der Waals surface area contributed by atoms with Gasteiger partial charge in [0.05, 0.1) is 0 Å². The van der Waals surface area contributed by atoms with Crippen molar-refractivity contribution >= 4 is 18.1 Å². The van der Waals surface area contributed by atoms with Crippen molar-refractivity contribution < 1.29 is 33.7 Å². The normalized spacial score (nSPS) is 13.6. The maximum absolute atomic E-state index is 11.9. The van der Waals surface area contributed by atoms with Gasteiger partial charge in [0.25, 0.3) is 0 Å². The maximum Gasteiger partial charge on any atom is 0.509 e. The van der Waals surface area contributed by atoms with Crippen LogP contribution < -0.4 is 0 Å². The van der Waals surface area contributed by atoms with E-state index in [-0.39, 0.29) is 0 Å². The number of hydrogen-bond donors (Lipinski definition) is 1. The SMILES string of the molecule is CC(OC(=O)OC(C)(C)C)C(=O)O[C@H](C(=O)O)c1ccccc1. The van der Waals surface area contributed by atoms with Gasteiger partial charge in [0.15, 0.2) is 6.10 Å². The molecule has 1 aromatic carbocycles. The molecule has 0 aromatic heterocycles. The molecule has 0 saturated heterocycles. The zero-order chi connectivity index (χ0) is 17.6. The van der Waals surface area contributed by atoms with E-state index in [9.17, 15) is 19.5 Å². The van der Waals surface area contributed by atoms with Crippen LogP contribution >= 0.6 is 0 Å². The summed E-state index contributed by atoms with van der Waals surface area (Å²) in [6.07, 6.45) is -3.81. The second kappa shape index (κ2) is 7.62. The fourth-order valence-electron chi connectivity index (χ4n) is 1.57. The number of rotatable bonds is 5. The van der Waals surface area contributed by atoms with E-state index in [1.807, 2.05) is 0 Å². The maximum atomic E-state index is 11.9. The second-order valence-electron chi connectivity index (χ2n) is 5.79. The molecule has 0 aliphatic rings. The van der Waals surface area contributed by atoms with Crippen molar-refractivity contribution in [1.29, 1.82) is 0 Å². The molecule has 1 N–H and O–H groups in total. The third kappa shape index (κ3) is 6.37. The number of carbonyl (C=O) groups excluding carboxylic acids is 2. The van der Waals surface area contributed by atoms with Crippen LogP contribution in [0.3, 0.4) is 0 Å². The van der Waals surface area contributed by atoms with Crippen LogP contribution in [0.1, 0.15) is 39.4 Å². The van der Waals surface area contributed by atoms with E-state index in [2.05, 4.69) is 0 Å². The predicted octanol–water partition coefficient (Wildman–Crippen LogP) is 2.70. The Bertz CT molecular complexity index is 560. The van der Waals surface area contributed by atoms with Gasteiger partial charge in [-0.05, 0) is 27.7 Å². The number of carbonyl (C=O) groups is 3. The van der Waals surface area contributed by atoms with E-state index in [0.29, 0.717) is 5.56 Å². The topological polar surface area (TPSA) is 99.1 Å². The molecule has 126 valence electrons. The van der Waals surface area contributed by atoms with E-state index in [0.717, 1.165) is 0 Å².